The van der Waals surface area contributed by atoms with Crippen LogP contribution >= 0.6 is 0 Å². The molecule has 1 aromatic rings. The summed E-state index contributed by atoms with van der Waals surface area (Å²) in [5, 5.41) is 0. The highest BCUT2D eigenvalue weighted by Gasteiger charge is 2.33. The van der Waals surface area contributed by atoms with E-state index in [0.717, 1.165) is 43.0 Å². The highest BCUT2D eigenvalue weighted by Crippen LogP contribution is 2.32. The van der Waals surface area contributed by atoms with Gasteiger partial charge in [-0.15, -0.1) is 0 Å². The Morgan fingerprint density at radius 3 is 2.92 bits per heavy atom. The molecule has 0 aliphatic carbocycles. The summed E-state index contributed by atoms with van der Waals surface area (Å²) in [6.07, 6.45) is 6.03. The first-order valence-corrected chi connectivity index (χ1v) is 8.45. The summed E-state index contributed by atoms with van der Waals surface area (Å²) >= 11 is 0. The molecule has 130 valence electrons. The van der Waals surface area contributed by atoms with Crippen LogP contribution in [0.4, 0.5) is 0 Å². The molecule has 1 atom stereocenters. The van der Waals surface area contributed by atoms with Gasteiger partial charge in [0.1, 0.15) is 11.6 Å². The van der Waals surface area contributed by atoms with Crippen molar-refractivity contribution in [2.45, 2.75) is 45.3 Å². The Labute approximate surface area is 143 Å². The van der Waals surface area contributed by atoms with Crippen molar-refractivity contribution in [2.75, 3.05) is 19.9 Å². The van der Waals surface area contributed by atoms with Crippen molar-refractivity contribution in [3.05, 3.63) is 29.8 Å². The molecule has 0 saturated carbocycles. The smallest absolute Gasteiger partial charge is 0.323 e. The molecule has 2 aliphatic heterocycles. The van der Waals surface area contributed by atoms with Gasteiger partial charge in [0, 0.05) is 6.54 Å². The van der Waals surface area contributed by atoms with Crippen LogP contribution in [-0.4, -0.2) is 42.4 Å². The third-order valence-electron chi connectivity index (χ3n) is 4.09. The number of fused-ring (bicyclic) bond motifs is 1. The van der Waals surface area contributed by atoms with Crippen LogP contribution in [0.25, 0.3) is 6.08 Å². The van der Waals surface area contributed by atoms with Gasteiger partial charge in [-0.25, -0.2) is 0 Å². The average molecular weight is 331 g/mol. The van der Waals surface area contributed by atoms with Crippen molar-refractivity contribution in [3.8, 4) is 11.5 Å². The van der Waals surface area contributed by atoms with Gasteiger partial charge in [-0.3, -0.25) is 9.69 Å². The van der Waals surface area contributed by atoms with Crippen molar-refractivity contribution >= 4 is 12.0 Å². The zero-order valence-electron chi connectivity index (χ0n) is 14.6. The van der Waals surface area contributed by atoms with Crippen LogP contribution in [0.2, 0.25) is 0 Å². The number of ether oxygens (including phenoxy) is 3. The molecule has 0 unspecified atom stereocenters. The minimum atomic E-state index is -0.437. The Balaban J connectivity index is 1.58. The molecule has 1 saturated heterocycles. The fourth-order valence-corrected chi connectivity index (χ4v) is 3.02. The molecular weight excluding hydrogens is 306 g/mol. The van der Waals surface area contributed by atoms with Crippen molar-refractivity contribution in [3.63, 3.8) is 0 Å². The van der Waals surface area contributed by atoms with Crippen molar-refractivity contribution in [2.24, 2.45) is 0 Å². The van der Waals surface area contributed by atoms with Crippen LogP contribution in [0.5, 0.6) is 11.5 Å². The quantitative estimate of drug-likeness (QED) is 0.793. The Morgan fingerprint density at radius 1 is 1.33 bits per heavy atom. The number of likely N-dealkylation sites (tertiary alicyclic amines) is 1. The van der Waals surface area contributed by atoms with E-state index in [-0.39, 0.29) is 18.8 Å². The van der Waals surface area contributed by atoms with Gasteiger partial charge in [0.25, 0.3) is 0 Å². The molecule has 2 heterocycles. The zero-order valence-corrected chi connectivity index (χ0v) is 14.6. The lowest BCUT2D eigenvalue weighted by atomic mass is 10.1. The van der Waals surface area contributed by atoms with E-state index < -0.39 is 5.60 Å². The van der Waals surface area contributed by atoms with E-state index in [4.69, 9.17) is 14.2 Å². The van der Waals surface area contributed by atoms with E-state index in [0.29, 0.717) is 0 Å². The lowest BCUT2D eigenvalue weighted by molar-refractivity contribution is -0.160. The fraction of sp³-hybridized carbons (Fsp3) is 0.526. The number of hydrogen-bond acceptors (Lipinski definition) is 5. The van der Waals surface area contributed by atoms with Crippen molar-refractivity contribution in [1.82, 2.24) is 4.90 Å². The van der Waals surface area contributed by atoms with Crippen LogP contribution < -0.4 is 9.47 Å². The summed E-state index contributed by atoms with van der Waals surface area (Å²) < 4.78 is 16.2. The Morgan fingerprint density at radius 2 is 2.12 bits per heavy atom. The van der Waals surface area contributed by atoms with Gasteiger partial charge < -0.3 is 14.2 Å². The largest absolute Gasteiger partial charge is 0.459 e. The monoisotopic (exact) mass is 331 g/mol. The first-order chi connectivity index (χ1) is 11.4. The molecular formula is C19H25NO4. The summed E-state index contributed by atoms with van der Waals surface area (Å²) in [4.78, 5) is 14.5. The Hall–Kier alpha value is -2.01. The topological polar surface area (TPSA) is 48.0 Å². The number of carbonyl (C=O) groups excluding carboxylic acids is 1. The minimum absolute atomic E-state index is 0.114. The lowest BCUT2D eigenvalue weighted by Crippen LogP contribution is -2.40. The first-order valence-electron chi connectivity index (χ1n) is 8.45. The van der Waals surface area contributed by atoms with Gasteiger partial charge in [0.05, 0.1) is 0 Å². The number of hydrogen-bond donors (Lipinski definition) is 0. The molecule has 0 aromatic heterocycles. The third-order valence-corrected chi connectivity index (χ3v) is 4.09. The molecule has 5 nitrogen and oxygen atoms in total. The average Bonchev–Trinajstić information content (AvgIpc) is 3.13. The molecule has 0 amide bonds. The highest BCUT2D eigenvalue weighted by molar-refractivity contribution is 5.76. The Kier molecular flexibility index (Phi) is 4.81. The van der Waals surface area contributed by atoms with Crippen LogP contribution in [0.15, 0.2) is 24.3 Å². The second-order valence-corrected chi connectivity index (χ2v) is 7.20. The number of nitrogens with zero attached hydrogens (tertiary/aromatic N) is 1. The maximum absolute atomic E-state index is 12.3. The summed E-state index contributed by atoms with van der Waals surface area (Å²) in [5.41, 5.74) is 0.625. The van der Waals surface area contributed by atoms with Gasteiger partial charge >= 0.3 is 5.97 Å². The standard InChI is InChI=1S/C19H25NO4/c1-19(2,3)24-18(21)15-7-5-11-20(15)10-4-6-14-8-9-16-17(12-14)23-13-22-16/h4,6,8-9,12,15H,5,7,10-11,13H2,1-3H3/b6-4+/t15-/m1/s1. The molecule has 5 heteroatoms. The van der Waals surface area contributed by atoms with Crippen molar-refractivity contribution in [1.29, 1.82) is 0 Å². The van der Waals surface area contributed by atoms with E-state index in [9.17, 15) is 4.79 Å². The van der Waals surface area contributed by atoms with Gasteiger partial charge in [-0.1, -0.05) is 18.2 Å². The molecule has 1 aromatic carbocycles. The molecule has 0 spiro atoms. The molecule has 3 rings (SSSR count). The van der Waals surface area contributed by atoms with E-state index >= 15 is 0 Å². The van der Waals surface area contributed by atoms with Crippen LogP contribution in [-0.2, 0) is 9.53 Å². The second-order valence-electron chi connectivity index (χ2n) is 7.20. The lowest BCUT2D eigenvalue weighted by Gasteiger charge is -2.26. The number of esters is 1. The summed E-state index contributed by atoms with van der Waals surface area (Å²) in [6.45, 7) is 7.67. The highest BCUT2D eigenvalue weighted by atomic mass is 16.7. The molecule has 1 fully saturated rings. The molecule has 2 aliphatic rings. The maximum atomic E-state index is 12.3. The molecule has 24 heavy (non-hydrogen) atoms. The summed E-state index contributed by atoms with van der Waals surface area (Å²) in [5.74, 6) is 1.46. The maximum Gasteiger partial charge on any atom is 0.323 e. The SMILES string of the molecule is CC(C)(C)OC(=O)[C@H]1CCCN1C/C=C/c1ccc2c(c1)OCO2. The van der Waals surface area contributed by atoms with Gasteiger partial charge in [-0.2, -0.15) is 0 Å². The predicted molar refractivity (Wildman–Crippen MR) is 92.0 cm³/mol. The van der Waals surface area contributed by atoms with Gasteiger partial charge in [0.2, 0.25) is 6.79 Å². The van der Waals surface area contributed by atoms with Gasteiger partial charge in [0.15, 0.2) is 11.5 Å². The van der Waals surface area contributed by atoms with E-state index in [1.54, 1.807) is 0 Å². The number of carbonyl (C=O) groups is 1. The zero-order chi connectivity index (χ0) is 17.2. The van der Waals surface area contributed by atoms with E-state index in [1.807, 2.05) is 45.0 Å². The Bertz CT molecular complexity index is 633. The van der Waals surface area contributed by atoms with Crippen LogP contribution in [0, 0.1) is 0 Å². The second kappa shape index (κ2) is 6.85. The number of benzene rings is 1. The van der Waals surface area contributed by atoms with Crippen LogP contribution in [0.1, 0.15) is 39.2 Å². The van der Waals surface area contributed by atoms with Gasteiger partial charge in [-0.05, 0) is 57.9 Å². The van der Waals surface area contributed by atoms with E-state index in [2.05, 4.69) is 11.0 Å². The van der Waals surface area contributed by atoms with Crippen LogP contribution in [0.3, 0.4) is 0 Å². The summed E-state index contributed by atoms with van der Waals surface area (Å²) in [6, 6.07) is 5.75. The predicted octanol–water partition coefficient (Wildman–Crippen LogP) is 3.23. The third kappa shape index (κ3) is 4.09. The normalized spacial score (nSPS) is 20.7. The molecule has 0 radical (unpaired) electrons. The first kappa shape index (κ1) is 16.8. The summed E-state index contributed by atoms with van der Waals surface area (Å²) in [7, 11) is 0. The van der Waals surface area contributed by atoms with Crippen molar-refractivity contribution < 1.29 is 19.0 Å². The minimum Gasteiger partial charge on any atom is -0.459 e. The van der Waals surface area contributed by atoms with E-state index in [1.165, 1.54) is 0 Å². The molecule has 0 bridgehead atoms. The fourth-order valence-electron chi connectivity index (χ4n) is 3.02. The number of rotatable bonds is 4. The molecule has 0 N–H and O–H groups in total.